The number of carbonyl (C=O) groups is 1. The van der Waals surface area contributed by atoms with Gasteiger partial charge in [0, 0.05) is 16.6 Å². The van der Waals surface area contributed by atoms with E-state index in [1.54, 1.807) is 13.0 Å². The lowest BCUT2D eigenvalue weighted by Crippen LogP contribution is -1.94. The van der Waals surface area contributed by atoms with Gasteiger partial charge in [-0.3, -0.25) is 10.1 Å². The first-order valence-corrected chi connectivity index (χ1v) is 5.06. The molecular formula is C10H8BrNO4. The number of hydrogen-bond acceptors (Lipinski definition) is 3. The van der Waals surface area contributed by atoms with Crippen LogP contribution in [0, 0.1) is 17.0 Å². The maximum Gasteiger partial charge on any atom is 0.328 e. The lowest BCUT2D eigenvalue weighted by atomic mass is 10.1. The van der Waals surface area contributed by atoms with E-state index in [0.29, 0.717) is 4.47 Å². The molecule has 1 rings (SSSR count). The fraction of sp³-hybridized carbons (Fsp3) is 0.100. The predicted molar refractivity (Wildman–Crippen MR) is 62.2 cm³/mol. The molecule has 0 aromatic heterocycles. The molecule has 1 N–H and O–H groups in total. The standard InChI is InChI=1S/C10H8BrNO4/c1-6-4-7(2-3-10(13)14)9(12(15)16)5-8(6)11/h2-5H,1H3,(H,13,14)/b3-2+. The Bertz CT molecular complexity index is 482. The quantitative estimate of drug-likeness (QED) is 0.526. The molecule has 1 aromatic carbocycles. The van der Waals surface area contributed by atoms with Gasteiger partial charge in [-0.05, 0) is 24.6 Å². The minimum atomic E-state index is -1.14. The van der Waals surface area contributed by atoms with E-state index in [2.05, 4.69) is 15.9 Å². The summed E-state index contributed by atoms with van der Waals surface area (Å²) in [6.07, 6.45) is 2.08. The Morgan fingerprint density at radius 2 is 2.19 bits per heavy atom. The van der Waals surface area contributed by atoms with Crippen molar-refractivity contribution in [2.75, 3.05) is 0 Å². The minimum Gasteiger partial charge on any atom is -0.478 e. The number of nitrogens with zero attached hydrogens (tertiary/aromatic N) is 1. The second kappa shape index (κ2) is 4.89. The van der Waals surface area contributed by atoms with Crippen molar-refractivity contribution in [3.05, 3.63) is 43.9 Å². The molecule has 0 aliphatic carbocycles. The summed E-state index contributed by atoms with van der Waals surface area (Å²) in [5, 5.41) is 19.2. The first-order valence-electron chi connectivity index (χ1n) is 4.27. The van der Waals surface area contributed by atoms with Gasteiger partial charge in [0.1, 0.15) is 0 Å². The van der Waals surface area contributed by atoms with E-state index in [-0.39, 0.29) is 11.3 Å². The van der Waals surface area contributed by atoms with Gasteiger partial charge in [-0.2, -0.15) is 0 Å². The normalized spacial score (nSPS) is 10.6. The van der Waals surface area contributed by atoms with Crippen LogP contribution in [0.25, 0.3) is 6.08 Å². The Morgan fingerprint density at radius 1 is 1.56 bits per heavy atom. The van der Waals surface area contributed by atoms with E-state index in [9.17, 15) is 14.9 Å². The second-order valence-electron chi connectivity index (χ2n) is 3.09. The highest BCUT2D eigenvalue weighted by atomic mass is 79.9. The number of nitro benzene ring substituents is 1. The summed E-state index contributed by atoms with van der Waals surface area (Å²) in [6, 6.07) is 2.92. The Balaban J connectivity index is 3.30. The van der Waals surface area contributed by atoms with Crippen molar-refractivity contribution in [1.82, 2.24) is 0 Å². The molecule has 0 fully saturated rings. The maximum atomic E-state index is 10.7. The number of benzene rings is 1. The molecule has 0 atom stereocenters. The predicted octanol–water partition coefficient (Wildman–Crippen LogP) is 2.76. The van der Waals surface area contributed by atoms with E-state index in [1.165, 1.54) is 12.1 Å². The fourth-order valence-electron chi connectivity index (χ4n) is 1.15. The number of aliphatic carboxylic acids is 1. The Kier molecular flexibility index (Phi) is 3.78. The number of aryl methyl sites for hydroxylation is 1. The highest BCUT2D eigenvalue weighted by molar-refractivity contribution is 9.10. The molecule has 6 heteroatoms. The van der Waals surface area contributed by atoms with Gasteiger partial charge in [-0.1, -0.05) is 15.9 Å². The van der Waals surface area contributed by atoms with Gasteiger partial charge >= 0.3 is 5.97 Å². The third-order valence-electron chi connectivity index (χ3n) is 1.91. The molecular weight excluding hydrogens is 278 g/mol. The van der Waals surface area contributed by atoms with Crippen molar-refractivity contribution in [2.24, 2.45) is 0 Å². The van der Waals surface area contributed by atoms with Crippen LogP contribution in [0.4, 0.5) is 5.69 Å². The zero-order valence-electron chi connectivity index (χ0n) is 8.31. The van der Waals surface area contributed by atoms with Crippen LogP contribution in [0.2, 0.25) is 0 Å². The summed E-state index contributed by atoms with van der Waals surface area (Å²) >= 11 is 3.18. The molecule has 0 spiro atoms. The van der Waals surface area contributed by atoms with Crippen molar-refractivity contribution in [3.63, 3.8) is 0 Å². The topological polar surface area (TPSA) is 80.4 Å². The highest BCUT2D eigenvalue weighted by Crippen LogP contribution is 2.27. The molecule has 84 valence electrons. The highest BCUT2D eigenvalue weighted by Gasteiger charge is 2.13. The van der Waals surface area contributed by atoms with Crippen LogP contribution in [-0.2, 0) is 4.79 Å². The van der Waals surface area contributed by atoms with Crippen molar-refractivity contribution in [2.45, 2.75) is 6.92 Å². The van der Waals surface area contributed by atoms with Gasteiger partial charge in [0.05, 0.1) is 10.5 Å². The number of nitro groups is 1. The minimum absolute atomic E-state index is 0.130. The van der Waals surface area contributed by atoms with E-state index < -0.39 is 10.9 Å². The fourth-order valence-corrected chi connectivity index (χ4v) is 1.48. The molecule has 0 radical (unpaired) electrons. The average Bonchev–Trinajstić information content (AvgIpc) is 2.18. The van der Waals surface area contributed by atoms with Gasteiger partial charge in [-0.15, -0.1) is 0 Å². The zero-order chi connectivity index (χ0) is 12.3. The van der Waals surface area contributed by atoms with Crippen LogP contribution in [0.3, 0.4) is 0 Å². The molecule has 0 amide bonds. The van der Waals surface area contributed by atoms with Gasteiger partial charge < -0.3 is 5.11 Å². The molecule has 1 aromatic rings. The zero-order valence-corrected chi connectivity index (χ0v) is 9.89. The molecule has 16 heavy (non-hydrogen) atoms. The first-order chi connectivity index (χ1) is 7.41. The Morgan fingerprint density at radius 3 is 2.69 bits per heavy atom. The molecule has 0 heterocycles. The number of carboxylic acid groups (broad SMARTS) is 1. The SMILES string of the molecule is Cc1cc(/C=C/C(=O)O)c([N+](=O)[O-])cc1Br. The summed E-state index contributed by atoms with van der Waals surface area (Å²) in [5.74, 6) is -1.14. The molecule has 5 nitrogen and oxygen atoms in total. The second-order valence-corrected chi connectivity index (χ2v) is 3.94. The van der Waals surface area contributed by atoms with Crippen molar-refractivity contribution in [1.29, 1.82) is 0 Å². The summed E-state index contributed by atoms with van der Waals surface area (Å²) in [5.41, 5.74) is 0.943. The number of halogens is 1. The van der Waals surface area contributed by atoms with E-state index in [1.807, 2.05) is 0 Å². The van der Waals surface area contributed by atoms with Crippen LogP contribution in [-0.4, -0.2) is 16.0 Å². The average molecular weight is 286 g/mol. The summed E-state index contributed by atoms with van der Waals surface area (Å²) in [4.78, 5) is 20.5. The monoisotopic (exact) mass is 285 g/mol. The van der Waals surface area contributed by atoms with Crippen LogP contribution >= 0.6 is 15.9 Å². The summed E-state index contributed by atoms with van der Waals surface area (Å²) in [6.45, 7) is 1.77. The molecule has 0 bridgehead atoms. The maximum absolute atomic E-state index is 10.7. The summed E-state index contributed by atoms with van der Waals surface area (Å²) < 4.78 is 0.617. The van der Waals surface area contributed by atoms with Crippen LogP contribution in [0.15, 0.2) is 22.7 Å². The molecule has 0 unspecified atom stereocenters. The van der Waals surface area contributed by atoms with Crippen molar-refractivity contribution >= 4 is 33.7 Å². The molecule has 0 saturated carbocycles. The van der Waals surface area contributed by atoms with E-state index >= 15 is 0 Å². The lowest BCUT2D eigenvalue weighted by Gasteiger charge is -2.01. The van der Waals surface area contributed by atoms with Crippen LogP contribution in [0.1, 0.15) is 11.1 Å². The summed E-state index contributed by atoms with van der Waals surface area (Å²) in [7, 11) is 0. The van der Waals surface area contributed by atoms with Gasteiger partial charge in [0.2, 0.25) is 0 Å². The van der Waals surface area contributed by atoms with Gasteiger partial charge in [0.15, 0.2) is 0 Å². The van der Waals surface area contributed by atoms with Crippen molar-refractivity contribution < 1.29 is 14.8 Å². The number of hydrogen-bond donors (Lipinski definition) is 1. The van der Waals surface area contributed by atoms with Gasteiger partial charge in [-0.25, -0.2) is 4.79 Å². The first kappa shape index (κ1) is 12.4. The lowest BCUT2D eigenvalue weighted by molar-refractivity contribution is -0.385. The third-order valence-corrected chi connectivity index (χ3v) is 2.76. The molecule has 0 aliphatic heterocycles. The molecule has 0 saturated heterocycles. The number of rotatable bonds is 3. The Hall–Kier alpha value is -1.69. The van der Waals surface area contributed by atoms with Crippen LogP contribution in [0.5, 0.6) is 0 Å². The van der Waals surface area contributed by atoms with Gasteiger partial charge in [0.25, 0.3) is 5.69 Å². The number of carboxylic acids is 1. The smallest absolute Gasteiger partial charge is 0.328 e. The Labute approximate surface area is 99.7 Å². The van der Waals surface area contributed by atoms with E-state index in [4.69, 9.17) is 5.11 Å². The van der Waals surface area contributed by atoms with Crippen LogP contribution < -0.4 is 0 Å². The van der Waals surface area contributed by atoms with Crippen molar-refractivity contribution in [3.8, 4) is 0 Å². The molecule has 0 aliphatic rings. The largest absolute Gasteiger partial charge is 0.478 e. The van der Waals surface area contributed by atoms with E-state index in [0.717, 1.165) is 11.6 Å². The third kappa shape index (κ3) is 2.90.